The summed E-state index contributed by atoms with van der Waals surface area (Å²) in [6.45, 7) is 0. The Morgan fingerprint density at radius 3 is 2.67 bits per heavy atom. The zero-order chi connectivity index (χ0) is 16.4. The van der Waals surface area contributed by atoms with Crippen molar-refractivity contribution in [1.29, 1.82) is 0 Å². The van der Waals surface area contributed by atoms with Crippen LogP contribution < -0.4 is 5.32 Å². The molecule has 0 spiro atoms. The Hall–Kier alpha value is -2.03. The molecule has 2 saturated carbocycles. The molecular weight excluding hydrogens is 298 g/mol. The number of benzene rings is 2. The minimum Gasteiger partial charge on any atom is -0.446 e. The van der Waals surface area contributed by atoms with Gasteiger partial charge in [0.25, 0.3) is 0 Å². The van der Waals surface area contributed by atoms with Gasteiger partial charge in [-0.1, -0.05) is 55.7 Å². The van der Waals surface area contributed by atoms with E-state index in [2.05, 4.69) is 17.4 Å². The molecule has 2 aromatic rings. The fourth-order valence-electron chi connectivity index (χ4n) is 4.64. The topological polar surface area (TPSA) is 38.3 Å². The number of amides is 1. The quantitative estimate of drug-likeness (QED) is 0.764. The van der Waals surface area contributed by atoms with Gasteiger partial charge in [0.15, 0.2) is 0 Å². The summed E-state index contributed by atoms with van der Waals surface area (Å²) in [7, 11) is 0. The second-order valence-corrected chi connectivity index (χ2v) is 7.23. The first-order valence-corrected chi connectivity index (χ1v) is 9.26. The van der Waals surface area contributed by atoms with Gasteiger partial charge in [-0.25, -0.2) is 4.79 Å². The van der Waals surface area contributed by atoms with Crippen LogP contribution in [0.2, 0.25) is 0 Å². The van der Waals surface area contributed by atoms with Crippen molar-refractivity contribution in [3.63, 3.8) is 0 Å². The summed E-state index contributed by atoms with van der Waals surface area (Å²) in [5.41, 5.74) is 0.828. The molecule has 1 amide bonds. The van der Waals surface area contributed by atoms with E-state index >= 15 is 0 Å². The van der Waals surface area contributed by atoms with Gasteiger partial charge in [-0.15, -0.1) is 0 Å². The van der Waals surface area contributed by atoms with Crippen molar-refractivity contribution >= 4 is 22.6 Å². The molecule has 4 rings (SSSR count). The van der Waals surface area contributed by atoms with Gasteiger partial charge in [-0.2, -0.15) is 0 Å². The molecule has 0 aliphatic heterocycles. The lowest BCUT2D eigenvalue weighted by atomic mass is 9.69. The third-order valence-corrected chi connectivity index (χ3v) is 5.79. The molecule has 3 nitrogen and oxygen atoms in total. The molecule has 2 aromatic carbocycles. The van der Waals surface area contributed by atoms with Crippen molar-refractivity contribution in [3.05, 3.63) is 42.5 Å². The smallest absolute Gasteiger partial charge is 0.411 e. The van der Waals surface area contributed by atoms with Crippen molar-refractivity contribution < 1.29 is 9.53 Å². The lowest BCUT2D eigenvalue weighted by molar-refractivity contribution is -0.000131. The summed E-state index contributed by atoms with van der Waals surface area (Å²) in [4.78, 5) is 12.5. The van der Waals surface area contributed by atoms with Crippen LogP contribution in [-0.2, 0) is 4.74 Å². The molecule has 3 heteroatoms. The Kier molecular flexibility index (Phi) is 4.42. The van der Waals surface area contributed by atoms with Crippen LogP contribution in [0, 0.1) is 11.8 Å². The first-order valence-electron chi connectivity index (χ1n) is 9.26. The third-order valence-electron chi connectivity index (χ3n) is 5.79. The number of hydrogen-bond acceptors (Lipinski definition) is 2. The molecule has 0 saturated heterocycles. The van der Waals surface area contributed by atoms with E-state index in [4.69, 9.17) is 4.74 Å². The van der Waals surface area contributed by atoms with Crippen LogP contribution in [0.3, 0.4) is 0 Å². The minimum absolute atomic E-state index is 0.0963. The summed E-state index contributed by atoms with van der Waals surface area (Å²) >= 11 is 0. The Labute approximate surface area is 143 Å². The van der Waals surface area contributed by atoms with E-state index in [9.17, 15) is 4.79 Å². The van der Waals surface area contributed by atoms with E-state index in [0.717, 1.165) is 28.8 Å². The highest BCUT2D eigenvalue weighted by Crippen LogP contribution is 2.41. The largest absolute Gasteiger partial charge is 0.446 e. The molecule has 3 unspecified atom stereocenters. The van der Waals surface area contributed by atoms with Gasteiger partial charge in [0.05, 0.1) is 5.69 Å². The maximum Gasteiger partial charge on any atom is 0.411 e. The third kappa shape index (κ3) is 3.12. The van der Waals surface area contributed by atoms with Crippen LogP contribution in [-0.4, -0.2) is 12.2 Å². The molecule has 0 aromatic heterocycles. The van der Waals surface area contributed by atoms with Gasteiger partial charge in [0, 0.05) is 5.39 Å². The number of anilines is 1. The Morgan fingerprint density at radius 1 is 0.917 bits per heavy atom. The van der Waals surface area contributed by atoms with Crippen molar-refractivity contribution in [2.24, 2.45) is 11.8 Å². The highest BCUT2D eigenvalue weighted by molar-refractivity contribution is 6.00. The van der Waals surface area contributed by atoms with Crippen LogP contribution >= 0.6 is 0 Å². The van der Waals surface area contributed by atoms with Crippen LogP contribution in [0.4, 0.5) is 10.5 Å². The summed E-state index contributed by atoms with van der Waals surface area (Å²) < 4.78 is 5.86. The summed E-state index contributed by atoms with van der Waals surface area (Å²) in [6.07, 6.45) is 8.48. The molecule has 1 N–H and O–H groups in total. The predicted octanol–water partition coefficient (Wildman–Crippen LogP) is 5.75. The predicted molar refractivity (Wildman–Crippen MR) is 97.1 cm³/mol. The molecule has 0 bridgehead atoms. The lowest BCUT2D eigenvalue weighted by Crippen LogP contribution is -2.38. The van der Waals surface area contributed by atoms with Gasteiger partial charge in [0.1, 0.15) is 6.10 Å². The second-order valence-electron chi connectivity index (χ2n) is 7.23. The number of nitrogens with one attached hydrogen (secondary N) is 1. The monoisotopic (exact) mass is 323 g/mol. The van der Waals surface area contributed by atoms with E-state index in [1.807, 2.05) is 30.3 Å². The maximum absolute atomic E-state index is 12.5. The highest BCUT2D eigenvalue weighted by Gasteiger charge is 2.37. The molecule has 2 fully saturated rings. The number of hydrogen-bond donors (Lipinski definition) is 1. The van der Waals surface area contributed by atoms with Crippen molar-refractivity contribution in [2.75, 3.05) is 5.32 Å². The van der Waals surface area contributed by atoms with Crippen molar-refractivity contribution in [2.45, 2.75) is 51.0 Å². The highest BCUT2D eigenvalue weighted by atomic mass is 16.6. The van der Waals surface area contributed by atoms with E-state index in [1.165, 1.54) is 38.5 Å². The first-order chi connectivity index (χ1) is 11.8. The van der Waals surface area contributed by atoms with Gasteiger partial charge in [-0.3, -0.25) is 5.32 Å². The van der Waals surface area contributed by atoms with E-state index in [1.54, 1.807) is 0 Å². The van der Waals surface area contributed by atoms with Gasteiger partial charge in [-0.05, 0) is 49.0 Å². The summed E-state index contributed by atoms with van der Waals surface area (Å²) in [5.74, 6) is 1.34. The second kappa shape index (κ2) is 6.84. The molecule has 2 aliphatic rings. The SMILES string of the molecule is O=C(Nc1cccc2ccccc12)OC1CCCC2CCCCC21. The zero-order valence-electron chi connectivity index (χ0n) is 14.0. The van der Waals surface area contributed by atoms with E-state index in [0.29, 0.717) is 5.92 Å². The van der Waals surface area contributed by atoms with Crippen LogP contribution in [0.15, 0.2) is 42.5 Å². The molecule has 2 aliphatic carbocycles. The average molecular weight is 323 g/mol. The fourth-order valence-corrected chi connectivity index (χ4v) is 4.64. The molecule has 24 heavy (non-hydrogen) atoms. The van der Waals surface area contributed by atoms with Crippen LogP contribution in [0.1, 0.15) is 44.9 Å². The fraction of sp³-hybridized carbons (Fsp3) is 0.476. The average Bonchev–Trinajstić information content (AvgIpc) is 2.62. The Bertz CT molecular complexity index is 719. The molecule has 0 heterocycles. The summed E-state index contributed by atoms with van der Waals surface area (Å²) in [5, 5.41) is 5.14. The standard InChI is InChI=1S/C21H25NO2/c23-21(22-19-13-5-9-15-7-1-3-11-17(15)19)24-20-14-6-10-16-8-2-4-12-18(16)20/h1,3,5,7,9,11,13,16,18,20H,2,4,6,8,10,12,14H2,(H,22,23). The van der Waals surface area contributed by atoms with Crippen molar-refractivity contribution in [3.8, 4) is 0 Å². The molecule has 3 atom stereocenters. The summed E-state index contributed by atoms with van der Waals surface area (Å²) in [6, 6.07) is 14.0. The number of carbonyl (C=O) groups is 1. The van der Waals surface area contributed by atoms with Crippen LogP contribution in [0.25, 0.3) is 10.8 Å². The lowest BCUT2D eigenvalue weighted by Gasteiger charge is -2.40. The molecular formula is C21H25NO2. The Morgan fingerprint density at radius 2 is 1.71 bits per heavy atom. The minimum atomic E-state index is -0.303. The maximum atomic E-state index is 12.5. The number of rotatable bonds is 2. The van der Waals surface area contributed by atoms with Gasteiger partial charge in [0.2, 0.25) is 0 Å². The number of fused-ring (bicyclic) bond motifs is 2. The first kappa shape index (κ1) is 15.5. The number of ether oxygens (including phenoxy) is 1. The van der Waals surface area contributed by atoms with Crippen molar-refractivity contribution in [1.82, 2.24) is 0 Å². The van der Waals surface area contributed by atoms with Gasteiger partial charge >= 0.3 is 6.09 Å². The Balaban J connectivity index is 1.46. The van der Waals surface area contributed by atoms with E-state index < -0.39 is 0 Å². The molecule has 0 radical (unpaired) electrons. The van der Waals surface area contributed by atoms with Gasteiger partial charge < -0.3 is 4.74 Å². The number of carbonyl (C=O) groups excluding carboxylic acids is 1. The van der Waals surface area contributed by atoms with E-state index in [-0.39, 0.29) is 12.2 Å². The van der Waals surface area contributed by atoms with Crippen LogP contribution in [0.5, 0.6) is 0 Å². The zero-order valence-corrected chi connectivity index (χ0v) is 14.0. The molecule has 126 valence electrons. The normalized spacial score (nSPS) is 26.6.